The Labute approximate surface area is 91.6 Å². The highest BCUT2D eigenvalue weighted by Crippen LogP contribution is 2.39. The molecule has 0 aliphatic heterocycles. The number of aliphatic hydroxyl groups is 1. The van der Waals surface area contributed by atoms with Gasteiger partial charge in [0.05, 0.1) is 12.7 Å². The topological polar surface area (TPSA) is 29.5 Å². The summed E-state index contributed by atoms with van der Waals surface area (Å²) in [5.41, 5.74) is -0.183. The molecule has 2 aliphatic carbocycles. The van der Waals surface area contributed by atoms with Crippen LogP contribution in [0.25, 0.3) is 0 Å². The van der Waals surface area contributed by atoms with Crippen molar-refractivity contribution in [1.29, 1.82) is 0 Å². The second-order valence-electron chi connectivity index (χ2n) is 4.65. The van der Waals surface area contributed by atoms with Crippen molar-refractivity contribution in [2.75, 3.05) is 6.61 Å². The van der Waals surface area contributed by atoms with Crippen molar-refractivity contribution in [1.82, 2.24) is 0 Å². The molecule has 0 saturated carbocycles. The Morgan fingerprint density at radius 2 is 2.20 bits per heavy atom. The zero-order chi connectivity index (χ0) is 10.7. The molecule has 84 valence electrons. The SMILES string of the molecule is CCCCC(O)COC12C=CC(C=C1)C2. The molecule has 0 amide bonds. The maximum atomic E-state index is 9.69. The molecule has 0 aromatic carbocycles. The van der Waals surface area contributed by atoms with Crippen molar-refractivity contribution in [3.63, 3.8) is 0 Å². The summed E-state index contributed by atoms with van der Waals surface area (Å²) in [4.78, 5) is 0. The van der Waals surface area contributed by atoms with Gasteiger partial charge in [0.15, 0.2) is 0 Å². The van der Waals surface area contributed by atoms with Gasteiger partial charge in [-0.3, -0.25) is 0 Å². The van der Waals surface area contributed by atoms with Crippen LogP contribution in [-0.2, 0) is 4.74 Å². The smallest absolute Gasteiger partial charge is 0.105 e. The van der Waals surface area contributed by atoms with E-state index >= 15 is 0 Å². The molecular weight excluding hydrogens is 188 g/mol. The van der Waals surface area contributed by atoms with E-state index in [9.17, 15) is 5.11 Å². The Balaban J connectivity index is 1.74. The number of rotatable bonds is 6. The fourth-order valence-corrected chi connectivity index (χ4v) is 2.26. The van der Waals surface area contributed by atoms with Crippen molar-refractivity contribution in [2.24, 2.45) is 5.92 Å². The molecule has 0 heterocycles. The highest BCUT2D eigenvalue weighted by molar-refractivity contribution is 5.31. The molecule has 0 aromatic heterocycles. The Morgan fingerprint density at radius 3 is 2.73 bits per heavy atom. The predicted octanol–water partition coefficient (Wildman–Crippen LogP) is 2.44. The summed E-state index contributed by atoms with van der Waals surface area (Å²) in [6.07, 6.45) is 12.4. The van der Waals surface area contributed by atoms with Crippen LogP contribution in [0.15, 0.2) is 24.3 Å². The van der Waals surface area contributed by atoms with Gasteiger partial charge in [0.25, 0.3) is 0 Å². The van der Waals surface area contributed by atoms with Crippen molar-refractivity contribution in [3.05, 3.63) is 24.3 Å². The highest BCUT2D eigenvalue weighted by atomic mass is 16.5. The third-order valence-corrected chi connectivity index (χ3v) is 3.24. The molecule has 0 saturated heterocycles. The van der Waals surface area contributed by atoms with E-state index in [0.717, 1.165) is 25.7 Å². The summed E-state index contributed by atoms with van der Waals surface area (Å²) in [6.45, 7) is 2.59. The first kappa shape index (κ1) is 10.9. The van der Waals surface area contributed by atoms with Gasteiger partial charge in [0, 0.05) is 0 Å². The number of aliphatic hydroxyl groups excluding tert-OH is 1. The molecule has 2 rings (SSSR count). The van der Waals surface area contributed by atoms with E-state index in [0.29, 0.717) is 12.5 Å². The molecule has 0 radical (unpaired) electrons. The van der Waals surface area contributed by atoms with Crippen LogP contribution in [-0.4, -0.2) is 23.4 Å². The standard InChI is InChI=1S/C13H20O2/c1-2-3-4-12(14)10-15-13-7-5-11(9-13)6-8-13/h5-8,11-12,14H,2-4,9-10H2,1H3. The van der Waals surface area contributed by atoms with Crippen molar-refractivity contribution in [3.8, 4) is 0 Å². The van der Waals surface area contributed by atoms with E-state index in [4.69, 9.17) is 4.74 Å². The first-order valence-corrected chi connectivity index (χ1v) is 5.95. The first-order chi connectivity index (χ1) is 7.24. The maximum Gasteiger partial charge on any atom is 0.105 e. The minimum Gasteiger partial charge on any atom is -0.391 e. The Morgan fingerprint density at radius 1 is 1.47 bits per heavy atom. The molecule has 0 aromatic rings. The molecule has 1 unspecified atom stereocenters. The van der Waals surface area contributed by atoms with Crippen LogP contribution >= 0.6 is 0 Å². The van der Waals surface area contributed by atoms with Gasteiger partial charge in [0.2, 0.25) is 0 Å². The molecule has 0 spiro atoms. The quantitative estimate of drug-likeness (QED) is 0.679. The van der Waals surface area contributed by atoms with E-state index in [1.54, 1.807) is 0 Å². The van der Waals surface area contributed by atoms with Crippen LogP contribution in [0.1, 0.15) is 32.6 Å². The molecule has 15 heavy (non-hydrogen) atoms. The fourth-order valence-electron chi connectivity index (χ4n) is 2.26. The molecular formula is C13H20O2. The third-order valence-electron chi connectivity index (χ3n) is 3.24. The Hall–Kier alpha value is -0.600. The second kappa shape index (κ2) is 4.50. The summed E-state index contributed by atoms with van der Waals surface area (Å²) < 4.78 is 5.82. The lowest BCUT2D eigenvalue weighted by molar-refractivity contribution is -0.0281. The minimum atomic E-state index is -0.305. The summed E-state index contributed by atoms with van der Waals surface area (Å²) in [6, 6.07) is 0. The number of hydrogen-bond donors (Lipinski definition) is 1. The monoisotopic (exact) mass is 208 g/mol. The lowest BCUT2D eigenvalue weighted by Crippen LogP contribution is -2.28. The average molecular weight is 208 g/mol. The summed E-state index contributed by atoms with van der Waals surface area (Å²) in [5.74, 6) is 0.567. The lowest BCUT2D eigenvalue weighted by atomic mass is 10.1. The molecule has 2 bridgehead atoms. The Bertz CT molecular complexity index is 254. The van der Waals surface area contributed by atoms with Crippen LogP contribution in [0, 0.1) is 5.92 Å². The largest absolute Gasteiger partial charge is 0.391 e. The average Bonchev–Trinajstić information content (AvgIpc) is 2.84. The van der Waals surface area contributed by atoms with Gasteiger partial charge in [-0.1, -0.05) is 44.1 Å². The van der Waals surface area contributed by atoms with Crippen molar-refractivity contribution in [2.45, 2.75) is 44.3 Å². The second-order valence-corrected chi connectivity index (χ2v) is 4.65. The van der Waals surface area contributed by atoms with Crippen LogP contribution < -0.4 is 0 Å². The van der Waals surface area contributed by atoms with Gasteiger partial charge < -0.3 is 9.84 Å². The number of ether oxygens (including phenoxy) is 1. The van der Waals surface area contributed by atoms with Crippen LogP contribution in [0.5, 0.6) is 0 Å². The van der Waals surface area contributed by atoms with Crippen LogP contribution in [0.2, 0.25) is 0 Å². The molecule has 0 fully saturated rings. The lowest BCUT2D eigenvalue weighted by Gasteiger charge is -2.23. The number of fused-ring (bicyclic) bond motifs is 2. The van der Waals surface area contributed by atoms with Crippen LogP contribution in [0.4, 0.5) is 0 Å². The molecule has 1 N–H and O–H groups in total. The van der Waals surface area contributed by atoms with E-state index in [1.165, 1.54) is 0 Å². The van der Waals surface area contributed by atoms with Gasteiger partial charge in [-0.25, -0.2) is 0 Å². The van der Waals surface area contributed by atoms with E-state index in [-0.39, 0.29) is 11.7 Å². The zero-order valence-electron chi connectivity index (χ0n) is 9.36. The fraction of sp³-hybridized carbons (Fsp3) is 0.692. The van der Waals surface area contributed by atoms with E-state index in [2.05, 4.69) is 31.2 Å². The zero-order valence-corrected chi connectivity index (χ0v) is 9.36. The first-order valence-electron chi connectivity index (χ1n) is 5.95. The van der Waals surface area contributed by atoms with Gasteiger partial charge in [0.1, 0.15) is 5.60 Å². The molecule has 2 heteroatoms. The third kappa shape index (κ3) is 2.50. The minimum absolute atomic E-state index is 0.183. The van der Waals surface area contributed by atoms with Gasteiger partial charge in [-0.15, -0.1) is 0 Å². The Kier molecular flexibility index (Phi) is 3.27. The number of hydrogen-bond acceptors (Lipinski definition) is 2. The number of unbranched alkanes of at least 4 members (excludes halogenated alkanes) is 1. The summed E-state index contributed by atoms with van der Waals surface area (Å²) in [5, 5.41) is 9.69. The van der Waals surface area contributed by atoms with E-state index in [1.807, 2.05) is 0 Å². The van der Waals surface area contributed by atoms with Gasteiger partial charge >= 0.3 is 0 Å². The molecule has 1 atom stereocenters. The van der Waals surface area contributed by atoms with Gasteiger partial charge in [-0.05, 0) is 18.8 Å². The maximum absolute atomic E-state index is 9.69. The van der Waals surface area contributed by atoms with E-state index < -0.39 is 0 Å². The van der Waals surface area contributed by atoms with Crippen molar-refractivity contribution < 1.29 is 9.84 Å². The summed E-state index contributed by atoms with van der Waals surface area (Å²) in [7, 11) is 0. The van der Waals surface area contributed by atoms with Crippen LogP contribution in [0.3, 0.4) is 0 Å². The normalized spacial score (nSPS) is 33.9. The molecule has 2 aliphatic rings. The number of allylic oxidation sites excluding steroid dienone is 2. The highest BCUT2D eigenvalue weighted by Gasteiger charge is 2.37. The molecule has 2 nitrogen and oxygen atoms in total. The van der Waals surface area contributed by atoms with Gasteiger partial charge in [-0.2, -0.15) is 0 Å². The summed E-state index contributed by atoms with van der Waals surface area (Å²) >= 11 is 0. The predicted molar refractivity (Wildman–Crippen MR) is 60.6 cm³/mol. The van der Waals surface area contributed by atoms with Crippen molar-refractivity contribution >= 4 is 0 Å².